The Kier molecular flexibility index (Phi) is 3.78. The van der Waals surface area contributed by atoms with Gasteiger partial charge in [-0.3, -0.25) is 4.79 Å². The summed E-state index contributed by atoms with van der Waals surface area (Å²) in [7, 11) is 3.81. The van der Waals surface area contributed by atoms with E-state index in [-0.39, 0.29) is 5.91 Å². The maximum atomic E-state index is 11.4. The average Bonchev–Trinajstić information content (AvgIpc) is 2.78. The number of imidazole rings is 1. The first-order chi connectivity index (χ1) is 8.20. The van der Waals surface area contributed by atoms with Gasteiger partial charge in [0.15, 0.2) is 0 Å². The molecule has 1 aliphatic rings. The third-order valence-electron chi connectivity index (χ3n) is 3.42. The molecule has 2 rings (SSSR count). The molecule has 1 aromatic heterocycles. The van der Waals surface area contributed by atoms with Gasteiger partial charge in [0.1, 0.15) is 12.4 Å². The van der Waals surface area contributed by atoms with Gasteiger partial charge in [-0.25, -0.2) is 4.98 Å². The molecule has 1 aromatic rings. The van der Waals surface area contributed by atoms with Gasteiger partial charge in [-0.15, -0.1) is 0 Å². The highest BCUT2D eigenvalue weighted by Gasteiger charge is 2.22. The predicted octanol–water partition coefficient (Wildman–Crippen LogP) is 0.438. The second-order valence-corrected chi connectivity index (χ2v) is 4.66. The number of carbonyl (C=O) groups is 1. The zero-order valence-electron chi connectivity index (χ0n) is 10.5. The fourth-order valence-corrected chi connectivity index (χ4v) is 2.31. The molecule has 2 heterocycles. The first kappa shape index (κ1) is 12.1. The van der Waals surface area contributed by atoms with Gasteiger partial charge in [0.25, 0.3) is 0 Å². The van der Waals surface area contributed by atoms with Crippen LogP contribution in [0.2, 0.25) is 0 Å². The molecule has 0 spiro atoms. The van der Waals surface area contributed by atoms with Crippen molar-refractivity contribution in [3.63, 3.8) is 0 Å². The molecule has 0 saturated carbocycles. The van der Waals surface area contributed by atoms with Crippen molar-refractivity contribution in [2.24, 2.45) is 0 Å². The quantitative estimate of drug-likeness (QED) is 0.828. The zero-order valence-corrected chi connectivity index (χ0v) is 10.5. The van der Waals surface area contributed by atoms with Gasteiger partial charge in [-0.1, -0.05) is 0 Å². The molecular formula is C12H20N4O. The normalized spacial score (nSPS) is 18.2. The van der Waals surface area contributed by atoms with Crippen molar-refractivity contribution in [3.8, 4) is 0 Å². The van der Waals surface area contributed by atoms with Crippen LogP contribution in [0.1, 0.15) is 24.6 Å². The highest BCUT2D eigenvalue weighted by molar-refractivity contribution is 5.75. The summed E-state index contributed by atoms with van der Waals surface area (Å²) in [6, 6.07) is 0. The summed E-state index contributed by atoms with van der Waals surface area (Å²) in [4.78, 5) is 18.2. The third kappa shape index (κ3) is 2.85. The summed E-state index contributed by atoms with van der Waals surface area (Å²) in [5.41, 5.74) is 0. The number of likely N-dealkylation sites (tertiary alicyclic amines) is 1. The van der Waals surface area contributed by atoms with E-state index >= 15 is 0 Å². The number of hydrogen-bond acceptors (Lipinski definition) is 3. The number of nitrogens with zero attached hydrogens (tertiary/aromatic N) is 3. The summed E-state index contributed by atoms with van der Waals surface area (Å²) >= 11 is 0. The van der Waals surface area contributed by atoms with E-state index in [1.165, 1.54) is 0 Å². The van der Waals surface area contributed by atoms with Crippen molar-refractivity contribution >= 4 is 5.91 Å². The summed E-state index contributed by atoms with van der Waals surface area (Å²) in [5.74, 6) is 1.57. The molecule has 94 valence electrons. The summed E-state index contributed by atoms with van der Waals surface area (Å²) < 4.78 is 1.97. The Balaban J connectivity index is 2.05. The number of nitrogens with one attached hydrogen (secondary N) is 1. The van der Waals surface area contributed by atoms with Gasteiger partial charge in [-0.2, -0.15) is 0 Å². The largest absolute Gasteiger partial charge is 0.358 e. The number of piperidine rings is 1. The minimum absolute atomic E-state index is 0.0252. The second-order valence-electron chi connectivity index (χ2n) is 4.66. The number of aromatic nitrogens is 2. The standard InChI is InChI=1S/C12H20N4O/c1-13-11(17)9-16-8-5-14-12(16)10-3-6-15(2)7-4-10/h5,8,10H,3-4,6-7,9H2,1-2H3,(H,13,17). The van der Waals surface area contributed by atoms with Gasteiger partial charge in [-0.05, 0) is 33.0 Å². The number of carbonyl (C=O) groups excluding carboxylic acids is 1. The van der Waals surface area contributed by atoms with E-state index in [4.69, 9.17) is 0 Å². The second kappa shape index (κ2) is 5.31. The topological polar surface area (TPSA) is 50.2 Å². The lowest BCUT2D eigenvalue weighted by molar-refractivity contribution is -0.121. The monoisotopic (exact) mass is 236 g/mol. The molecule has 1 N–H and O–H groups in total. The lowest BCUT2D eigenvalue weighted by Crippen LogP contribution is -2.31. The van der Waals surface area contributed by atoms with E-state index in [1.807, 2.05) is 10.8 Å². The molecule has 5 heteroatoms. The maximum absolute atomic E-state index is 11.4. The van der Waals surface area contributed by atoms with E-state index in [9.17, 15) is 4.79 Å². The Labute approximate surface area is 102 Å². The van der Waals surface area contributed by atoms with Crippen molar-refractivity contribution in [1.29, 1.82) is 0 Å². The molecule has 0 aliphatic carbocycles. The van der Waals surface area contributed by atoms with Gasteiger partial charge in [0, 0.05) is 25.4 Å². The van der Waals surface area contributed by atoms with Crippen molar-refractivity contribution in [1.82, 2.24) is 19.8 Å². The molecule has 0 atom stereocenters. The molecular weight excluding hydrogens is 216 g/mol. The molecule has 1 fully saturated rings. The Morgan fingerprint density at radius 3 is 2.88 bits per heavy atom. The van der Waals surface area contributed by atoms with Crippen LogP contribution in [0.25, 0.3) is 0 Å². The lowest BCUT2D eigenvalue weighted by atomic mass is 9.96. The Morgan fingerprint density at radius 2 is 2.24 bits per heavy atom. The highest BCUT2D eigenvalue weighted by Crippen LogP contribution is 2.26. The van der Waals surface area contributed by atoms with Gasteiger partial charge >= 0.3 is 0 Å². The molecule has 1 amide bonds. The minimum atomic E-state index is 0.0252. The maximum Gasteiger partial charge on any atom is 0.239 e. The molecule has 17 heavy (non-hydrogen) atoms. The van der Waals surface area contributed by atoms with Crippen LogP contribution in [0, 0.1) is 0 Å². The van der Waals surface area contributed by atoms with Gasteiger partial charge in [0.05, 0.1) is 0 Å². The Bertz CT molecular complexity index is 380. The summed E-state index contributed by atoms with van der Waals surface area (Å²) in [5, 5.41) is 2.64. The van der Waals surface area contributed by atoms with Crippen LogP contribution in [0.15, 0.2) is 12.4 Å². The van der Waals surface area contributed by atoms with Crippen LogP contribution in [-0.4, -0.2) is 47.5 Å². The summed E-state index contributed by atoms with van der Waals surface area (Å²) in [6.45, 7) is 2.59. The number of hydrogen-bond donors (Lipinski definition) is 1. The van der Waals surface area contributed by atoms with Crippen molar-refractivity contribution in [3.05, 3.63) is 18.2 Å². The summed E-state index contributed by atoms with van der Waals surface area (Å²) in [6.07, 6.45) is 5.93. The molecule has 0 unspecified atom stereocenters. The van der Waals surface area contributed by atoms with Crippen molar-refractivity contribution < 1.29 is 4.79 Å². The fourth-order valence-electron chi connectivity index (χ4n) is 2.31. The molecule has 0 aromatic carbocycles. The first-order valence-corrected chi connectivity index (χ1v) is 6.11. The van der Waals surface area contributed by atoms with Crippen LogP contribution >= 0.6 is 0 Å². The SMILES string of the molecule is CNC(=O)Cn1ccnc1C1CCN(C)CC1. The molecule has 0 bridgehead atoms. The third-order valence-corrected chi connectivity index (χ3v) is 3.42. The van der Waals surface area contributed by atoms with E-state index in [1.54, 1.807) is 13.2 Å². The highest BCUT2D eigenvalue weighted by atomic mass is 16.1. The fraction of sp³-hybridized carbons (Fsp3) is 0.667. The molecule has 1 aliphatic heterocycles. The molecule has 0 radical (unpaired) electrons. The van der Waals surface area contributed by atoms with Crippen LogP contribution in [-0.2, 0) is 11.3 Å². The van der Waals surface area contributed by atoms with Crippen molar-refractivity contribution in [2.75, 3.05) is 27.2 Å². The van der Waals surface area contributed by atoms with Crippen LogP contribution in [0.4, 0.5) is 0 Å². The number of rotatable bonds is 3. The van der Waals surface area contributed by atoms with E-state index in [0.29, 0.717) is 12.5 Å². The van der Waals surface area contributed by atoms with Crippen LogP contribution < -0.4 is 5.32 Å². The van der Waals surface area contributed by atoms with Gasteiger partial charge in [0.2, 0.25) is 5.91 Å². The predicted molar refractivity (Wildman–Crippen MR) is 65.8 cm³/mol. The smallest absolute Gasteiger partial charge is 0.239 e. The molecule has 1 saturated heterocycles. The zero-order chi connectivity index (χ0) is 12.3. The lowest BCUT2D eigenvalue weighted by Gasteiger charge is -2.28. The van der Waals surface area contributed by atoms with Crippen molar-refractivity contribution in [2.45, 2.75) is 25.3 Å². The first-order valence-electron chi connectivity index (χ1n) is 6.11. The number of likely N-dealkylation sites (N-methyl/N-ethyl adjacent to an activating group) is 1. The van der Waals surface area contributed by atoms with E-state index in [0.717, 1.165) is 31.8 Å². The van der Waals surface area contributed by atoms with E-state index < -0.39 is 0 Å². The Morgan fingerprint density at radius 1 is 1.53 bits per heavy atom. The number of amides is 1. The van der Waals surface area contributed by atoms with Gasteiger partial charge < -0.3 is 14.8 Å². The van der Waals surface area contributed by atoms with E-state index in [2.05, 4.69) is 22.2 Å². The molecule has 5 nitrogen and oxygen atoms in total. The van der Waals surface area contributed by atoms with Crippen LogP contribution in [0.5, 0.6) is 0 Å². The Hall–Kier alpha value is -1.36. The van der Waals surface area contributed by atoms with Crippen LogP contribution in [0.3, 0.4) is 0 Å². The average molecular weight is 236 g/mol. The minimum Gasteiger partial charge on any atom is -0.358 e.